The first-order chi connectivity index (χ1) is 8.51. The molecule has 4 aliphatic carbocycles. The smallest absolute Gasteiger partial charge is 0.00649 e. The molecule has 2 spiro atoms. The largest absolute Gasteiger partial charge is 0.327 e. The van der Waals surface area contributed by atoms with E-state index >= 15 is 0 Å². The van der Waals surface area contributed by atoms with Crippen LogP contribution in [-0.2, 0) is 0 Å². The molecule has 0 radical (unpaired) electrons. The second kappa shape index (κ2) is 3.32. The van der Waals surface area contributed by atoms with Gasteiger partial charge in [0.1, 0.15) is 0 Å². The van der Waals surface area contributed by atoms with E-state index in [9.17, 15) is 0 Å². The van der Waals surface area contributed by atoms with Crippen LogP contribution in [0.1, 0.15) is 52.4 Å². The van der Waals surface area contributed by atoms with Gasteiger partial charge in [-0.2, -0.15) is 0 Å². The minimum absolute atomic E-state index is 0.477. The van der Waals surface area contributed by atoms with Gasteiger partial charge in [-0.3, -0.25) is 0 Å². The summed E-state index contributed by atoms with van der Waals surface area (Å²) < 4.78 is 0. The van der Waals surface area contributed by atoms with E-state index in [0.29, 0.717) is 12.1 Å². The predicted octanol–water partition coefficient (Wildman–Crippen LogP) is 2.51. The zero-order chi connectivity index (χ0) is 12.7. The molecule has 0 aromatic rings. The van der Waals surface area contributed by atoms with E-state index in [-0.39, 0.29) is 0 Å². The molecule has 0 aromatic heterocycles. The molecule has 2 nitrogen and oxygen atoms in total. The van der Waals surface area contributed by atoms with Gasteiger partial charge in [0.2, 0.25) is 0 Å². The number of hydrogen-bond acceptors (Lipinski definition) is 2. The van der Waals surface area contributed by atoms with E-state index in [1.165, 1.54) is 38.5 Å². The van der Waals surface area contributed by atoms with E-state index in [2.05, 4.69) is 13.8 Å². The Kier molecular flexibility index (Phi) is 2.16. The van der Waals surface area contributed by atoms with Gasteiger partial charge in [0.05, 0.1) is 0 Å². The minimum Gasteiger partial charge on any atom is -0.327 e. The van der Waals surface area contributed by atoms with E-state index in [0.717, 1.165) is 34.5 Å². The van der Waals surface area contributed by atoms with Gasteiger partial charge in [-0.25, -0.2) is 0 Å². The molecule has 4 unspecified atom stereocenters. The summed E-state index contributed by atoms with van der Waals surface area (Å²) in [6, 6.07) is 0.954. The molecule has 4 fully saturated rings. The van der Waals surface area contributed by atoms with Gasteiger partial charge >= 0.3 is 0 Å². The maximum Gasteiger partial charge on any atom is 0.00649 e. The topological polar surface area (TPSA) is 52.0 Å². The molecule has 4 atom stereocenters. The first-order valence-corrected chi connectivity index (χ1v) is 8.02. The molecular formula is C16H28N2. The third-order valence-electron chi connectivity index (χ3n) is 7.34. The normalized spacial score (nSPS) is 66.0. The number of rotatable bonds is 0. The van der Waals surface area contributed by atoms with Crippen molar-refractivity contribution in [1.82, 2.24) is 0 Å². The van der Waals surface area contributed by atoms with Crippen LogP contribution < -0.4 is 11.5 Å². The van der Waals surface area contributed by atoms with E-state index in [1.54, 1.807) is 0 Å². The Hall–Kier alpha value is -0.0800. The second-order valence-corrected chi connectivity index (χ2v) is 8.19. The third-order valence-corrected chi connectivity index (χ3v) is 7.34. The van der Waals surface area contributed by atoms with Crippen LogP contribution in [0.3, 0.4) is 0 Å². The molecule has 4 aliphatic rings. The van der Waals surface area contributed by atoms with Crippen molar-refractivity contribution in [2.45, 2.75) is 64.5 Å². The molecule has 4 saturated carbocycles. The van der Waals surface area contributed by atoms with Crippen LogP contribution in [0, 0.1) is 34.5 Å². The van der Waals surface area contributed by atoms with Gasteiger partial charge in [-0.05, 0) is 73.0 Å². The average molecular weight is 248 g/mol. The van der Waals surface area contributed by atoms with Gasteiger partial charge in [0.25, 0.3) is 0 Å². The quantitative estimate of drug-likeness (QED) is 0.692. The Morgan fingerprint density at radius 3 is 1.50 bits per heavy atom. The van der Waals surface area contributed by atoms with Gasteiger partial charge in [0.15, 0.2) is 0 Å². The summed E-state index contributed by atoms with van der Waals surface area (Å²) in [6.07, 6.45) is 8.25. The van der Waals surface area contributed by atoms with Gasteiger partial charge in [-0.1, -0.05) is 13.8 Å². The molecule has 0 saturated heterocycles. The lowest BCUT2D eigenvalue weighted by Crippen LogP contribution is -2.44. The lowest BCUT2D eigenvalue weighted by Gasteiger charge is -2.46. The first-order valence-electron chi connectivity index (χ1n) is 8.02. The van der Waals surface area contributed by atoms with Gasteiger partial charge in [0, 0.05) is 12.1 Å². The average Bonchev–Trinajstić information content (AvgIpc) is 3.19. The maximum atomic E-state index is 6.18. The first kappa shape index (κ1) is 11.7. The second-order valence-electron chi connectivity index (χ2n) is 8.19. The van der Waals surface area contributed by atoms with E-state index in [4.69, 9.17) is 11.5 Å². The Labute approximate surface area is 111 Å². The fourth-order valence-electron chi connectivity index (χ4n) is 6.31. The van der Waals surface area contributed by atoms with E-state index in [1.807, 2.05) is 0 Å². The monoisotopic (exact) mass is 248 g/mol. The fourth-order valence-corrected chi connectivity index (χ4v) is 6.31. The van der Waals surface area contributed by atoms with Crippen molar-refractivity contribution in [2.75, 3.05) is 0 Å². The summed E-state index contributed by atoms with van der Waals surface area (Å²) >= 11 is 0. The highest BCUT2D eigenvalue weighted by molar-refractivity contribution is 5.37. The highest BCUT2D eigenvalue weighted by Crippen LogP contribution is 2.94. The number of hydrogen-bond donors (Lipinski definition) is 2. The molecule has 0 heterocycles. The summed E-state index contributed by atoms with van der Waals surface area (Å²) in [7, 11) is 0. The Bertz CT molecular complexity index is 333. The Morgan fingerprint density at radius 1 is 0.778 bits per heavy atom. The summed E-state index contributed by atoms with van der Waals surface area (Å²) in [5.74, 6) is 3.67. The van der Waals surface area contributed by atoms with Crippen molar-refractivity contribution >= 4 is 0 Å². The van der Waals surface area contributed by atoms with Crippen LogP contribution in [0.25, 0.3) is 0 Å². The van der Waals surface area contributed by atoms with Gasteiger partial charge in [-0.15, -0.1) is 0 Å². The number of nitrogens with two attached hydrogens (primary N) is 2. The highest BCUT2D eigenvalue weighted by Gasteiger charge is 2.90. The number of fused-ring (bicyclic) bond motifs is 5. The highest BCUT2D eigenvalue weighted by atomic mass is 14.9. The Morgan fingerprint density at radius 2 is 1.17 bits per heavy atom. The Balaban J connectivity index is 1.45. The molecule has 2 heteroatoms. The zero-order valence-corrected chi connectivity index (χ0v) is 11.9. The lowest BCUT2D eigenvalue weighted by atomic mass is 9.60. The summed E-state index contributed by atoms with van der Waals surface area (Å²) in [6.45, 7) is 4.74. The lowest BCUT2D eigenvalue weighted by molar-refractivity contribution is 0.0539. The molecule has 4 rings (SSSR count). The van der Waals surface area contributed by atoms with Crippen molar-refractivity contribution in [3.8, 4) is 0 Å². The molecular weight excluding hydrogens is 220 g/mol. The van der Waals surface area contributed by atoms with Crippen molar-refractivity contribution in [2.24, 2.45) is 46.0 Å². The van der Waals surface area contributed by atoms with Crippen LogP contribution in [0.15, 0.2) is 0 Å². The van der Waals surface area contributed by atoms with Crippen molar-refractivity contribution in [3.63, 3.8) is 0 Å². The molecule has 0 amide bonds. The van der Waals surface area contributed by atoms with Crippen LogP contribution in [-0.4, -0.2) is 12.1 Å². The standard InChI is InChI=1S/C16H28N2/c1-9-7-15(5-3-11(9)17)13-14(15)16(13)6-4-12(18)10(2)8-16/h9-14H,3-8,17-18H2,1-2H3. The van der Waals surface area contributed by atoms with Crippen molar-refractivity contribution in [3.05, 3.63) is 0 Å². The van der Waals surface area contributed by atoms with Gasteiger partial charge < -0.3 is 11.5 Å². The molecule has 0 aromatic carbocycles. The molecule has 4 N–H and O–H groups in total. The summed E-state index contributed by atoms with van der Waals surface area (Å²) in [5.41, 5.74) is 13.9. The molecule has 0 aliphatic heterocycles. The SMILES string of the molecule is CC1CC2(CCC1N)C1C2C12CCC(N)C(C)C2. The fraction of sp³-hybridized carbons (Fsp3) is 1.00. The maximum absolute atomic E-state index is 6.18. The van der Waals surface area contributed by atoms with Crippen LogP contribution in [0.4, 0.5) is 0 Å². The third kappa shape index (κ3) is 1.22. The van der Waals surface area contributed by atoms with Crippen LogP contribution in [0.5, 0.6) is 0 Å². The van der Waals surface area contributed by atoms with Crippen LogP contribution in [0.2, 0.25) is 0 Å². The van der Waals surface area contributed by atoms with E-state index < -0.39 is 0 Å². The predicted molar refractivity (Wildman–Crippen MR) is 73.8 cm³/mol. The van der Waals surface area contributed by atoms with Crippen molar-refractivity contribution < 1.29 is 0 Å². The molecule has 0 bridgehead atoms. The summed E-state index contributed by atoms with van der Waals surface area (Å²) in [4.78, 5) is 0. The summed E-state index contributed by atoms with van der Waals surface area (Å²) in [5, 5.41) is 0. The minimum atomic E-state index is 0.477. The molecule has 102 valence electrons. The van der Waals surface area contributed by atoms with Crippen LogP contribution >= 0.6 is 0 Å². The molecule has 18 heavy (non-hydrogen) atoms. The van der Waals surface area contributed by atoms with Crippen molar-refractivity contribution in [1.29, 1.82) is 0 Å². The zero-order valence-electron chi connectivity index (χ0n) is 11.9.